The van der Waals surface area contributed by atoms with Crippen LogP contribution in [0.5, 0.6) is 0 Å². The average Bonchev–Trinajstić information content (AvgIpc) is 2.50. The van der Waals surface area contributed by atoms with Crippen molar-refractivity contribution < 1.29 is 4.74 Å². The van der Waals surface area contributed by atoms with Gasteiger partial charge in [0.1, 0.15) is 0 Å². The zero-order valence-corrected chi connectivity index (χ0v) is 15.6. The number of nitrogens with two attached hydrogens (primary N) is 1. The zero-order chi connectivity index (χ0) is 14.9. The minimum atomic E-state index is 0.126. The molecule has 21 heavy (non-hydrogen) atoms. The van der Waals surface area contributed by atoms with E-state index in [2.05, 4.69) is 59.5 Å². The van der Waals surface area contributed by atoms with E-state index >= 15 is 0 Å². The van der Waals surface area contributed by atoms with Gasteiger partial charge in [-0.05, 0) is 83.7 Å². The zero-order valence-electron chi connectivity index (χ0n) is 12.6. The second-order valence-electron chi connectivity index (χ2n) is 6.40. The summed E-state index contributed by atoms with van der Waals surface area (Å²) in [4.78, 5) is 0. The number of benzene rings is 1. The summed E-state index contributed by atoms with van der Waals surface area (Å²) in [6.45, 7) is 3.05. The van der Waals surface area contributed by atoms with E-state index in [1.165, 1.54) is 39.0 Å². The van der Waals surface area contributed by atoms with Crippen LogP contribution in [0, 0.1) is 16.4 Å². The maximum atomic E-state index is 6.66. The van der Waals surface area contributed by atoms with Gasteiger partial charge in [-0.1, -0.05) is 18.2 Å². The second-order valence-corrected chi connectivity index (χ2v) is 8.70. The molecule has 1 aromatic rings. The highest BCUT2D eigenvalue weighted by Crippen LogP contribution is 2.43. The number of ether oxygens (including phenoxy) is 1. The smallest absolute Gasteiger partial charge is 0.0701 e. The first-order valence-corrected chi connectivity index (χ1v) is 10.1. The van der Waals surface area contributed by atoms with Gasteiger partial charge >= 0.3 is 0 Å². The first-order valence-electron chi connectivity index (χ1n) is 7.84. The van der Waals surface area contributed by atoms with Crippen LogP contribution < -0.4 is 5.73 Å². The van der Waals surface area contributed by atoms with Crippen LogP contribution in [0.15, 0.2) is 18.2 Å². The van der Waals surface area contributed by atoms with Crippen molar-refractivity contribution >= 4 is 34.4 Å². The number of halogens is 1. The van der Waals surface area contributed by atoms with E-state index < -0.39 is 0 Å². The molecule has 2 aliphatic heterocycles. The Balaban J connectivity index is 1.78. The Morgan fingerprint density at radius 2 is 2.14 bits per heavy atom. The molecule has 0 amide bonds. The fourth-order valence-electron chi connectivity index (χ4n) is 3.65. The van der Waals surface area contributed by atoms with E-state index in [1.807, 2.05) is 0 Å². The topological polar surface area (TPSA) is 35.2 Å². The summed E-state index contributed by atoms with van der Waals surface area (Å²) >= 11 is 4.51. The molecule has 0 bridgehead atoms. The molecule has 4 heteroatoms. The Bertz CT molecular complexity index is 496. The fraction of sp³-hybridized carbons (Fsp3) is 0.647. The number of hydrogen-bond acceptors (Lipinski definition) is 3. The highest BCUT2D eigenvalue weighted by molar-refractivity contribution is 14.1. The van der Waals surface area contributed by atoms with Crippen LogP contribution in [0.2, 0.25) is 0 Å². The summed E-state index contributed by atoms with van der Waals surface area (Å²) in [6.07, 6.45) is 4.64. The monoisotopic (exact) mass is 417 g/mol. The van der Waals surface area contributed by atoms with Gasteiger partial charge in [-0.2, -0.15) is 11.8 Å². The largest absolute Gasteiger partial charge is 0.375 e. The molecular weight excluding hydrogens is 393 g/mol. The minimum Gasteiger partial charge on any atom is -0.375 e. The van der Waals surface area contributed by atoms with Crippen molar-refractivity contribution in [3.05, 3.63) is 32.9 Å². The van der Waals surface area contributed by atoms with Crippen molar-refractivity contribution in [2.24, 2.45) is 11.7 Å². The summed E-state index contributed by atoms with van der Waals surface area (Å²) < 4.78 is 7.54. The Kier molecular flexibility index (Phi) is 5.19. The molecule has 3 rings (SSSR count). The summed E-state index contributed by atoms with van der Waals surface area (Å²) in [5, 5.41) is 0. The predicted molar refractivity (Wildman–Crippen MR) is 98.8 cm³/mol. The van der Waals surface area contributed by atoms with E-state index in [0.29, 0.717) is 5.92 Å². The van der Waals surface area contributed by atoms with E-state index in [-0.39, 0.29) is 11.6 Å². The van der Waals surface area contributed by atoms with Crippen LogP contribution in [0.4, 0.5) is 0 Å². The molecule has 2 atom stereocenters. The lowest BCUT2D eigenvalue weighted by atomic mass is 9.77. The molecule has 0 saturated carbocycles. The lowest BCUT2D eigenvalue weighted by Gasteiger charge is -2.45. The quantitative estimate of drug-likeness (QED) is 0.730. The molecule has 2 fully saturated rings. The molecule has 2 saturated heterocycles. The van der Waals surface area contributed by atoms with Gasteiger partial charge in [-0.3, -0.25) is 0 Å². The van der Waals surface area contributed by atoms with Gasteiger partial charge < -0.3 is 10.5 Å². The van der Waals surface area contributed by atoms with Gasteiger partial charge in [-0.25, -0.2) is 0 Å². The number of aryl methyl sites for hydroxylation is 1. The minimum absolute atomic E-state index is 0.126. The third-order valence-electron chi connectivity index (χ3n) is 5.02. The molecule has 2 heterocycles. The van der Waals surface area contributed by atoms with E-state index in [9.17, 15) is 0 Å². The summed E-state index contributed by atoms with van der Waals surface area (Å²) in [7, 11) is 0. The first-order chi connectivity index (χ1) is 10.1. The lowest BCUT2D eigenvalue weighted by molar-refractivity contribution is -0.105. The number of thioether (sulfide) groups is 1. The number of hydrogen-bond donors (Lipinski definition) is 1. The van der Waals surface area contributed by atoms with Crippen molar-refractivity contribution in [2.75, 3.05) is 18.1 Å². The average molecular weight is 417 g/mol. The molecule has 0 aliphatic carbocycles. The lowest BCUT2D eigenvalue weighted by Crippen LogP contribution is -2.45. The Morgan fingerprint density at radius 1 is 1.38 bits per heavy atom. The van der Waals surface area contributed by atoms with Crippen LogP contribution >= 0.6 is 34.4 Å². The van der Waals surface area contributed by atoms with Gasteiger partial charge in [0.05, 0.1) is 5.60 Å². The van der Waals surface area contributed by atoms with Crippen LogP contribution in [0.25, 0.3) is 0 Å². The number of rotatable bonds is 2. The van der Waals surface area contributed by atoms with Crippen LogP contribution in [-0.4, -0.2) is 23.7 Å². The van der Waals surface area contributed by atoms with E-state index in [4.69, 9.17) is 10.5 Å². The molecule has 2 nitrogen and oxygen atoms in total. The van der Waals surface area contributed by atoms with Crippen molar-refractivity contribution in [3.63, 3.8) is 0 Å². The maximum Gasteiger partial charge on any atom is 0.0701 e. The van der Waals surface area contributed by atoms with Gasteiger partial charge in [0.15, 0.2) is 0 Å². The molecule has 0 aromatic heterocycles. The van der Waals surface area contributed by atoms with Crippen LogP contribution in [0.3, 0.4) is 0 Å². The van der Waals surface area contributed by atoms with Crippen LogP contribution in [-0.2, 0) is 4.74 Å². The maximum absolute atomic E-state index is 6.66. The first kappa shape index (κ1) is 16.1. The molecule has 116 valence electrons. The Morgan fingerprint density at radius 3 is 2.90 bits per heavy atom. The standard InChI is InChI=1S/C17H24INOS/c1-12-3-2-4-14(15(12)18)16(19)13-5-8-20-17(11-13)6-9-21-10-7-17/h2-4,13,16H,5-11,19H2,1H3. The predicted octanol–water partition coefficient (Wildman–Crippen LogP) is 4.29. The Hall–Kier alpha value is 0.220. The summed E-state index contributed by atoms with van der Waals surface area (Å²) in [5.74, 6) is 3.03. The molecule has 2 aliphatic rings. The SMILES string of the molecule is Cc1cccc(C(N)C2CCOC3(CCSCC3)C2)c1I. The molecular formula is C17H24INOS. The second kappa shape index (κ2) is 6.77. The summed E-state index contributed by atoms with van der Waals surface area (Å²) in [6, 6.07) is 6.66. The van der Waals surface area contributed by atoms with Crippen LogP contribution in [0.1, 0.15) is 42.9 Å². The molecule has 1 spiro atoms. The van der Waals surface area contributed by atoms with Gasteiger partial charge in [0.2, 0.25) is 0 Å². The molecule has 2 N–H and O–H groups in total. The highest BCUT2D eigenvalue weighted by Gasteiger charge is 2.40. The fourth-order valence-corrected chi connectivity index (χ4v) is 5.60. The van der Waals surface area contributed by atoms with E-state index in [1.54, 1.807) is 0 Å². The van der Waals surface area contributed by atoms with Crippen molar-refractivity contribution in [1.29, 1.82) is 0 Å². The molecule has 0 radical (unpaired) electrons. The van der Waals surface area contributed by atoms with Crippen molar-refractivity contribution in [2.45, 2.75) is 44.2 Å². The third kappa shape index (κ3) is 3.43. The molecule has 1 aromatic carbocycles. The van der Waals surface area contributed by atoms with Gasteiger partial charge in [0, 0.05) is 16.2 Å². The highest BCUT2D eigenvalue weighted by atomic mass is 127. The molecule has 2 unspecified atom stereocenters. The third-order valence-corrected chi connectivity index (χ3v) is 7.48. The normalized spacial score (nSPS) is 26.7. The van der Waals surface area contributed by atoms with E-state index in [0.717, 1.165) is 19.4 Å². The Labute approximate surface area is 145 Å². The van der Waals surface area contributed by atoms with Gasteiger partial charge in [0.25, 0.3) is 0 Å². The van der Waals surface area contributed by atoms with Crippen molar-refractivity contribution in [1.82, 2.24) is 0 Å². The summed E-state index contributed by atoms with van der Waals surface area (Å²) in [5.41, 5.74) is 9.44. The van der Waals surface area contributed by atoms with Gasteiger partial charge in [-0.15, -0.1) is 0 Å². The van der Waals surface area contributed by atoms with Crippen molar-refractivity contribution in [3.8, 4) is 0 Å².